The Morgan fingerprint density at radius 3 is 2.71 bits per heavy atom. The van der Waals surface area contributed by atoms with E-state index in [2.05, 4.69) is 10.3 Å². The molecule has 24 heavy (non-hydrogen) atoms. The summed E-state index contributed by atoms with van der Waals surface area (Å²) in [6.07, 6.45) is 1.54. The number of amides is 2. The third-order valence-electron chi connectivity index (χ3n) is 4.32. The van der Waals surface area contributed by atoms with E-state index < -0.39 is 5.97 Å². The van der Waals surface area contributed by atoms with E-state index in [4.69, 9.17) is 0 Å². The van der Waals surface area contributed by atoms with Crippen molar-refractivity contribution in [3.05, 3.63) is 52.0 Å². The molecule has 2 amide bonds. The van der Waals surface area contributed by atoms with E-state index >= 15 is 0 Å². The number of carboxylic acid groups (broad SMARTS) is 1. The first-order chi connectivity index (χ1) is 11.6. The van der Waals surface area contributed by atoms with Gasteiger partial charge in [-0.3, -0.25) is 0 Å². The highest BCUT2D eigenvalue weighted by Crippen LogP contribution is 2.30. The van der Waals surface area contributed by atoms with Gasteiger partial charge in [0.1, 0.15) is 0 Å². The molecule has 6 nitrogen and oxygen atoms in total. The number of benzene rings is 1. The fraction of sp³-hybridized carbons (Fsp3) is 0.353. The number of carboxylic acids is 1. The lowest BCUT2D eigenvalue weighted by Crippen LogP contribution is -2.44. The second kappa shape index (κ2) is 7.44. The predicted octanol–water partition coefficient (Wildman–Crippen LogP) is 2.93. The number of urea groups is 1. The Morgan fingerprint density at radius 1 is 1.29 bits per heavy atom. The number of likely N-dealkylation sites (tertiary alicyclic amines) is 1. The molecule has 1 fully saturated rings. The smallest absolute Gasteiger partial charge is 0.335 e. The lowest BCUT2D eigenvalue weighted by Gasteiger charge is -2.32. The standard InChI is InChI=1S/C17H19N3O3S/c21-16(22)15-4-2-1-3-14(15)12-5-7-20(8-6-12)17(23)18-9-13-10-24-11-19-13/h1-4,10-12H,5-9H2,(H,18,23)(H,21,22). The summed E-state index contributed by atoms with van der Waals surface area (Å²) in [5, 5.41) is 14.1. The molecule has 3 rings (SSSR count). The van der Waals surface area contributed by atoms with Crippen molar-refractivity contribution in [1.29, 1.82) is 0 Å². The van der Waals surface area contributed by atoms with Crippen LogP contribution >= 0.6 is 11.3 Å². The summed E-state index contributed by atoms with van der Waals surface area (Å²) >= 11 is 1.50. The van der Waals surface area contributed by atoms with Crippen LogP contribution in [0.5, 0.6) is 0 Å². The average molecular weight is 345 g/mol. The van der Waals surface area contributed by atoms with Crippen LogP contribution in [-0.4, -0.2) is 40.1 Å². The van der Waals surface area contributed by atoms with Gasteiger partial charge in [0.2, 0.25) is 0 Å². The second-order valence-corrected chi connectivity index (χ2v) is 6.51. The summed E-state index contributed by atoms with van der Waals surface area (Å²) < 4.78 is 0. The van der Waals surface area contributed by atoms with Gasteiger partial charge < -0.3 is 15.3 Å². The fourth-order valence-corrected chi connectivity index (χ4v) is 3.60. The largest absolute Gasteiger partial charge is 0.478 e. The van der Waals surface area contributed by atoms with Gasteiger partial charge in [-0.1, -0.05) is 18.2 Å². The number of aromatic carboxylic acids is 1. The summed E-state index contributed by atoms with van der Waals surface area (Å²) in [6, 6.07) is 7.05. The number of hydrogen-bond donors (Lipinski definition) is 2. The first-order valence-electron chi connectivity index (χ1n) is 7.87. The highest BCUT2D eigenvalue weighted by Gasteiger charge is 2.26. The van der Waals surface area contributed by atoms with Crippen LogP contribution in [0.4, 0.5) is 4.79 Å². The van der Waals surface area contributed by atoms with Crippen LogP contribution in [-0.2, 0) is 6.54 Å². The zero-order valence-electron chi connectivity index (χ0n) is 13.1. The number of piperidine rings is 1. The van der Waals surface area contributed by atoms with Gasteiger partial charge in [0.25, 0.3) is 0 Å². The first-order valence-corrected chi connectivity index (χ1v) is 8.81. The molecular weight excluding hydrogens is 326 g/mol. The number of thiazole rings is 1. The van der Waals surface area contributed by atoms with E-state index in [1.54, 1.807) is 22.5 Å². The second-order valence-electron chi connectivity index (χ2n) is 5.79. The lowest BCUT2D eigenvalue weighted by molar-refractivity contribution is 0.0694. The van der Waals surface area contributed by atoms with Crippen molar-refractivity contribution in [3.8, 4) is 0 Å². The van der Waals surface area contributed by atoms with Crippen molar-refractivity contribution in [2.24, 2.45) is 0 Å². The van der Waals surface area contributed by atoms with Gasteiger partial charge in [-0.15, -0.1) is 11.3 Å². The number of nitrogens with zero attached hydrogens (tertiary/aromatic N) is 2. The van der Waals surface area contributed by atoms with E-state index in [-0.39, 0.29) is 11.9 Å². The number of nitrogens with one attached hydrogen (secondary N) is 1. The molecule has 0 aliphatic carbocycles. The molecule has 0 unspecified atom stereocenters. The van der Waals surface area contributed by atoms with E-state index in [1.807, 2.05) is 17.5 Å². The average Bonchev–Trinajstić information content (AvgIpc) is 3.13. The molecule has 0 spiro atoms. The molecule has 0 atom stereocenters. The van der Waals surface area contributed by atoms with Crippen molar-refractivity contribution in [2.45, 2.75) is 25.3 Å². The van der Waals surface area contributed by atoms with Gasteiger partial charge in [0, 0.05) is 18.5 Å². The van der Waals surface area contributed by atoms with Gasteiger partial charge in [0.15, 0.2) is 0 Å². The minimum absolute atomic E-state index is 0.0898. The van der Waals surface area contributed by atoms with Crippen molar-refractivity contribution in [3.63, 3.8) is 0 Å². The predicted molar refractivity (Wildman–Crippen MR) is 91.3 cm³/mol. The number of carbonyl (C=O) groups is 2. The molecule has 1 aromatic carbocycles. The molecule has 0 bridgehead atoms. The molecule has 7 heteroatoms. The van der Waals surface area contributed by atoms with Crippen molar-refractivity contribution < 1.29 is 14.7 Å². The topological polar surface area (TPSA) is 82.5 Å². The normalized spacial score (nSPS) is 15.2. The molecule has 1 aliphatic rings. The van der Waals surface area contributed by atoms with Crippen LogP contribution in [0.15, 0.2) is 35.2 Å². The van der Waals surface area contributed by atoms with E-state index in [0.29, 0.717) is 25.2 Å². The zero-order valence-corrected chi connectivity index (χ0v) is 14.0. The summed E-state index contributed by atoms with van der Waals surface area (Å²) in [4.78, 5) is 29.5. The first kappa shape index (κ1) is 16.4. The minimum Gasteiger partial charge on any atom is -0.478 e. The Bertz CT molecular complexity index is 710. The van der Waals surface area contributed by atoms with Crippen LogP contribution in [0.25, 0.3) is 0 Å². The lowest BCUT2D eigenvalue weighted by atomic mass is 9.86. The zero-order chi connectivity index (χ0) is 16.9. The summed E-state index contributed by atoms with van der Waals surface area (Å²) in [6.45, 7) is 1.69. The van der Waals surface area contributed by atoms with Crippen molar-refractivity contribution in [1.82, 2.24) is 15.2 Å². The maximum absolute atomic E-state index is 12.2. The van der Waals surface area contributed by atoms with E-state index in [0.717, 1.165) is 24.1 Å². The highest BCUT2D eigenvalue weighted by atomic mass is 32.1. The molecule has 126 valence electrons. The molecule has 2 heterocycles. The van der Waals surface area contributed by atoms with E-state index in [9.17, 15) is 14.7 Å². The molecule has 1 saturated heterocycles. The minimum atomic E-state index is -0.894. The maximum Gasteiger partial charge on any atom is 0.335 e. The van der Waals surface area contributed by atoms with Crippen LogP contribution in [0.3, 0.4) is 0 Å². The van der Waals surface area contributed by atoms with Gasteiger partial charge in [-0.2, -0.15) is 0 Å². The number of carbonyl (C=O) groups excluding carboxylic acids is 1. The third-order valence-corrected chi connectivity index (χ3v) is 4.95. The Hall–Kier alpha value is -2.41. The fourth-order valence-electron chi connectivity index (χ4n) is 3.04. The Labute approximate surface area is 144 Å². The third kappa shape index (κ3) is 3.73. The Balaban J connectivity index is 1.56. The SMILES string of the molecule is O=C(O)c1ccccc1C1CCN(C(=O)NCc2cscn2)CC1. The number of hydrogen-bond acceptors (Lipinski definition) is 4. The van der Waals surface area contributed by atoms with E-state index in [1.165, 1.54) is 11.3 Å². The molecule has 0 saturated carbocycles. The summed E-state index contributed by atoms with van der Waals surface area (Å²) in [7, 11) is 0. The van der Waals surface area contributed by atoms with Gasteiger partial charge in [-0.05, 0) is 30.4 Å². The summed E-state index contributed by atoms with van der Waals surface area (Å²) in [5.74, 6) is -0.714. The Kier molecular flexibility index (Phi) is 5.10. The van der Waals surface area contributed by atoms with Gasteiger partial charge in [-0.25, -0.2) is 14.6 Å². The van der Waals surface area contributed by atoms with Crippen LogP contribution in [0.1, 0.15) is 40.4 Å². The summed E-state index contributed by atoms with van der Waals surface area (Å²) in [5.41, 5.74) is 3.84. The number of aromatic nitrogens is 1. The molecule has 0 radical (unpaired) electrons. The molecule has 2 N–H and O–H groups in total. The van der Waals surface area contributed by atoms with Crippen molar-refractivity contribution in [2.75, 3.05) is 13.1 Å². The van der Waals surface area contributed by atoms with Crippen LogP contribution in [0, 0.1) is 0 Å². The molecule has 1 aromatic heterocycles. The Morgan fingerprint density at radius 2 is 2.04 bits per heavy atom. The molecule has 1 aliphatic heterocycles. The molecule has 2 aromatic rings. The molecular formula is C17H19N3O3S. The monoisotopic (exact) mass is 345 g/mol. The number of rotatable bonds is 4. The quantitative estimate of drug-likeness (QED) is 0.892. The van der Waals surface area contributed by atoms with Crippen molar-refractivity contribution >= 4 is 23.3 Å². The van der Waals surface area contributed by atoms with Crippen LogP contribution < -0.4 is 5.32 Å². The highest BCUT2D eigenvalue weighted by molar-refractivity contribution is 7.07. The van der Waals surface area contributed by atoms with Gasteiger partial charge >= 0.3 is 12.0 Å². The van der Waals surface area contributed by atoms with Gasteiger partial charge in [0.05, 0.1) is 23.3 Å². The van der Waals surface area contributed by atoms with Crippen LogP contribution in [0.2, 0.25) is 0 Å². The maximum atomic E-state index is 12.2.